The predicted octanol–water partition coefficient (Wildman–Crippen LogP) is 1.77. The molecule has 0 amide bonds. The van der Waals surface area contributed by atoms with Gasteiger partial charge in [0.15, 0.2) is 0 Å². The number of carboxylic acid groups (broad SMARTS) is 1. The molecule has 0 atom stereocenters. The molecule has 0 saturated heterocycles. The summed E-state index contributed by atoms with van der Waals surface area (Å²) in [5, 5.41) is 16.7. The highest BCUT2D eigenvalue weighted by Gasteiger charge is 2.12. The molecule has 5 nitrogen and oxygen atoms in total. The molecule has 0 fully saturated rings. The van der Waals surface area contributed by atoms with Gasteiger partial charge in [-0.15, -0.1) is 5.10 Å². The molecule has 2 rings (SSSR count). The second kappa shape index (κ2) is 5.00. The van der Waals surface area contributed by atoms with Crippen molar-refractivity contribution in [1.82, 2.24) is 15.0 Å². The van der Waals surface area contributed by atoms with Gasteiger partial charge in [0, 0.05) is 0 Å². The largest absolute Gasteiger partial charge is 0.481 e. The SMILES string of the molecule is CCc1ccc(-n2nnc(CC(=O)O)c2C)cc1. The minimum absolute atomic E-state index is 0.0983. The Labute approximate surface area is 105 Å². The molecule has 0 aliphatic heterocycles. The fraction of sp³-hybridized carbons (Fsp3) is 0.308. The molecule has 94 valence electrons. The highest BCUT2D eigenvalue weighted by atomic mass is 16.4. The van der Waals surface area contributed by atoms with E-state index in [0.29, 0.717) is 5.69 Å². The number of aryl methyl sites for hydroxylation is 1. The number of carboxylic acids is 1. The zero-order valence-corrected chi connectivity index (χ0v) is 10.4. The summed E-state index contributed by atoms with van der Waals surface area (Å²) in [4.78, 5) is 10.7. The molecule has 1 aromatic carbocycles. The van der Waals surface area contributed by atoms with E-state index in [2.05, 4.69) is 17.2 Å². The molecule has 0 unspecified atom stereocenters. The van der Waals surface area contributed by atoms with Gasteiger partial charge >= 0.3 is 5.97 Å². The van der Waals surface area contributed by atoms with E-state index in [-0.39, 0.29) is 6.42 Å². The number of aromatic nitrogens is 3. The summed E-state index contributed by atoms with van der Waals surface area (Å²) in [5.74, 6) is -0.897. The zero-order chi connectivity index (χ0) is 13.1. The van der Waals surface area contributed by atoms with Crippen molar-refractivity contribution in [3.8, 4) is 5.69 Å². The van der Waals surface area contributed by atoms with Crippen LogP contribution in [0.5, 0.6) is 0 Å². The first-order chi connectivity index (χ1) is 8.61. The quantitative estimate of drug-likeness (QED) is 0.891. The van der Waals surface area contributed by atoms with Gasteiger partial charge in [-0.3, -0.25) is 4.79 Å². The molecule has 2 aromatic rings. The summed E-state index contributed by atoms with van der Waals surface area (Å²) in [6, 6.07) is 8.00. The Morgan fingerprint density at radius 1 is 1.33 bits per heavy atom. The molecule has 1 aromatic heterocycles. The fourth-order valence-electron chi connectivity index (χ4n) is 1.79. The molecule has 5 heteroatoms. The van der Waals surface area contributed by atoms with Crippen LogP contribution in [0.2, 0.25) is 0 Å². The highest BCUT2D eigenvalue weighted by Crippen LogP contribution is 2.13. The van der Waals surface area contributed by atoms with Crippen LogP contribution >= 0.6 is 0 Å². The molecule has 0 saturated carbocycles. The van der Waals surface area contributed by atoms with E-state index >= 15 is 0 Å². The molecule has 0 bridgehead atoms. The van der Waals surface area contributed by atoms with E-state index in [1.165, 1.54) is 5.56 Å². The van der Waals surface area contributed by atoms with Gasteiger partial charge < -0.3 is 5.11 Å². The number of rotatable bonds is 4. The summed E-state index contributed by atoms with van der Waals surface area (Å²) < 4.78 is 1.66. The van der Waals surface area contributed by atoms with E-state index in [1.54, 1.807) is 4.68 Å². The van der Waals surface area contributed by atoms with Gasteiger partial charge in [-0.2, -0.15) is 0 Å². The Morgan fingerprint density at radius 3 is 2.56 bits per heavy atom. The van der Waals surface area contributed by atoms with Gasteiger partial charge in [-0.1, -0.05) is 24.3 Å². The first-order valence-corrected chi connectivity index (χ1v) is 5.84. The minimum Gasteiger partial charge on any atom is -0.481 e. The van der Waals surface area contributed by atoms with Crippen molar-refractivity contribution >= 4 is 5.97 Å². The maximum absolute atomic E-state index is 10.7. The lowest BCUT2D eigenvalue weighted by Crippen LogP contribution is -2.03. The second-order valence-electron chi connectivity index (χ2n) is 4.12. The Kier molecular flexibility index (Phi) is 3.41. The van der Waals surface area contributed by atoms with Gasteiger partial charge in [0.05, 0.1) is 23.5 Å². The van der Waals surface area contributed by atoms with Gasteiger partial charge in [0.1, 0.15) is 0 Å². The van der Waals surface area contributed by atoms with Crippen molar-refractivity contribution in [3.63, 3.8) is 0 Å². The number of carbonyl (C=O) groups is 1. The average Bonchev–Trinajstić information content (AvgIpc) is 2.71. The van der Waals surface area contributed by atoms with Crippen LogP contribution in [-0.2, 0) is 17.6 Å². The van der Waals surface area contributed by atoms with E-state index in [0.717, 1.165) is 17.8 Å². The maximum Gasteiger partial charge on any atom is 0.309 e. The van der Waals surface area contributed by atoms with E-state index in [9.17, 15) is 4.79 Å². The number of hydrogen-bond acceptors (Lipinski definition) is 3. The van der Waals surface area contributed by atoms with Crippen LogP contribution in [-0.4, -0.2) is 26.1 Å². The zero-order valence-electron chi connectivity index (χ0n) is 10.4. The predicted molar refractivity (Wildman–Crippen MR) is 66.8 cm³/mol. The third-order valence-corrected chi connectivity index (χ3v) is 2.90. The lowest BCUT2D eigenvalue weighted by atomic mass is 10.1. The molecule has 1 N–H and O–H groups in total. The molecule has 0 radical (unpaired) electrons. The Bertz CT molecular complexity index is 558. The van der Waals surface area contributed by atoms with Gasteiger partial charge in [0.25, 0.3) is 0 Å². The Balaban J connectivity index is 2.32. The molecular formula is C13H15N3O2. The van der Waals surface area contributed by atoms with Crippen molar-refractivity contribution in [3.05, 3.63) is 41.2 Å². The highest BCUT2D eigenvalue weighted by molar-refractivity contribution is 5.69. The summed E-state index contributed by atoms with van der Waals surface area (Å²) in [7, 11) is 0. The number of benzene rings is 1. The number of aliphatic carboxylic acids is 1. The monoisotopic (exact) mass is 245 g/mol. The summed E-state index contributed by atoms with van der Waals surface area (Å²) in [6.07, 6.45) is 0.889. The summed E-state index contributed by atoms with van der Waals surface area (Å²) in [6.45, 7) is 3.92. The molecule has 0 spiro atoms. The topological polar surface area (TPSA) is 68.0 Å². The van der Waals surface area contributed by atoms with Crippen molar-refractivity contribution in [2.24, 2.45) is 0 Å². The maximum atomic E-state index is 10.7. The van der Waals surface area contributed by atoms with Crippen LogP contribution in [0.4, 0.5) is 0 Å². The summed E-state index contributed by atoms with van der Waals surface area (Å²) in [5.41, 5.74) is 3.42. The van der Waals surface area contributed by atoms with E-state index in [1.807, 2.05) is 31.2 Å². The van der Waals surface area contributed by atoms with Gasteiger partial charge in [-0.05, 0) is 31.0 Å². The summed E-state index contributed by atoms with van der Waals surface area (Å²) >= 11 is 0. The molecular weight excluding hydrogens is 230 g/mol. The third kappa shape index (κ3) is 2.40. The molecule has 0 aliphatic rings. The smallest absolute Gasteiger partial charge is 0.309 e. The Hall–Kier alpha value is -2.17. The number of nitrogens with zero attached hydrogens (tertiary/aromatic N) is 3. The van der Waals surface area contributed by atoms with Crippen molar-refractivity contribution in [2.45, 2.75) is 26.7 Å². The van der Waals surface area contributed by atoms with Gasteiger partial charge in [0.2, 0.25) is 0 Å². The normalized spacial score (nSPS) is 10.6. The lowest BCUT2D eigenvalue weighted by molar-refractivity contribution is -0.136. The molecule has 18 heavy (non-hydrogen) atoms. The first-order valence-electron chi connectivity index (χ1n) is 5.84. The molecule has 1 heterocycles. The van der Waals surface area contributed by atoms with Crippen LogP contribution in [0, 0.1) is 6.92 Å². The van der Waals surface area contributed by atoms with Crippen LogP contribution in [0.15, 0.2) is 24.3 Å². The molecule has 0 aliphatic carbocycles. The van der Waals surface area contributed by atoms with Crippen LogP contribution in [0.3, 0.4) is 0 Å². The van der Waals surface area contributed by atoms with Gasteiger partial charge in [-0.25, -0.2) is 4.68 Å². The van der Waals surface area contributed by atoms with Crippen molar-refractivity contribution in [2.75, 3.05) is 0 Å². The van der Waals surface area contributed by atoms with Crippen LogP contribution in [0.1, 0.15) is 23.9 Å². The van der Waals surface area contributed by atoms with E-state index < -0.39 is 5.97 Å². The number of hydrogen-bond donors (Lipinski definition) is 1. The van der Waals surface area contributed by atoms with Crippen molar-refractivity contribution < 1.29 is 9.90 Å². The van der Waals surface area contributed by atoms with Crippen LogP contribution < -0.4 is 0 Å². The lowest BCUT2D eigenvalue weighted by Gasteiger charge is -2.04. The average molecular weight is 245 g/mol. The fourth-order valence-corrected chi connectivity index (χ4v) is 1.79. The Morgan fingerprint density at radius 2 is 2.00 bits per heavy atom. The minimum atomic E-state index is -0.897. The van der Waals surface area contributed by atoms with Crippen molar-refractivity contribution in [1.29, 1.82) is 0 Å². The second-order valence-corrected chi connectivity index (χ2v) is 4.12. The van der Waals surface area contributed by atoms with Crippen LogP contribution in [0.25, 0.3) is 5.69 Å². The third-order valence-electron chi connectivity index (χ3n) is 2.90. The first kappa shape index (κ1) is 12.3. The van der Waals surface area contributed by atoms with E-state index in [4.69, 9.17) is 5.11 Å². The standard InChI is InChI=1S/C13H15N3O2/c1-3-10-4-6-11(7-5-10)16-9(2)12(14-15-16)8-13(17)18/h4-7H,3,8H2,1-2H3,(H,17,18).